The molecule has 1 unspecified atom stereocenters. The van der Waals surface area contributed by atoms with Crippen LogP contribution in [0.15, 0.2) is 71.6 Å². The first-order valence-corrected chi connectivity index (χ1v) is 12.0. The van der Waals surface area contributed by atoms with Crippen molar-refractivity contribution in [2.45, 2.75) is 37.9 Å². The molecule has 5 nitrogen and oxygen atoms in total. The van der Waals surface area contributed by atoms with Gasteiger partial charge < -0.3 is 9.47 Å². The Balaban J connectivity index is 1.93. The van der Waals surface area contributed by atoms with E-state index in [4.69, 9.17) is 4.74 Å². The fourth-order valence-corrected chi connectivity index (χ4v) is 4.50. The molecule has 1 atom stereocenters. The quantitative estimate of drug-likeness (QED) is 0.332. The summed E-state index contributed by atoms with van der Waals surface area (Å²) in [4.78, 5) is 12.1. The number of hydrogen-bond donors (Lipinski definition) is 0. The van der Waals surface area contributed by atoms with Gasteiger partial charge in [0.2, 0.25) is 0 Å². The zero-order valence-electron chi connectivity index (χ0n) is 19.6. The third-order valence-corrected chi connectivity index (χ3v) is 6.78. The van der Waals surface area contributed by atoms with Crippen molar-refractivity contribution in [2.75, 3.05) is 13.7 Å². The van der Waals surface area contributed by atoms with Crippen molar-refractivity contribution in [2.24, 2.45) is 0 Å². The van der Waals surface area contributed by atoms with Crippen LogP contribution >= 0.6 is 0 Å². The van der Waals surface area contributed by atoms with Crippen LogP contribution in [0.5, 0.6) is 11.5 Å². The Labute approximate surface area is 205 Å². The average molecular weight is 506 g/mol. The van der Waals surface area contributed by atoms with E-state index in [9.17, 15) is 22.2 Å². The molecule has 9 heteroatoms. The molecule has 0 aliphatic carbocycles. The number of carbonyl (C=O) groups excluding carboxylic acids is 1. The van der Waals surface area contributed by atoms with Crippen LogP contribution in [0.4, 0.5) is 13.2 Å². The Morgan fingerprint density at radius 2 is 1.74 bits per heavy atom. The van der Waals surface area contributed by atoms with E-state index in [0.717, 1.165) is 17.7 Å². The number of benzene rings is 3. The Bertz CT molecular complexity index is 1200. The number of carbonyl (C=O) groups is 1. The highest BCUT2D eigenvalue weighted by molar-refractivity contribution is 7.82. The number of nitrogens with zero attached hydrogens (tertiary/aromatic N) is 1. The van der Waals surface area contributed by atoms with Crippen molar-refractivity contribution in [3.8, 4) is 11.5 Å². The van der Waals surface area contributed by atoms with Crippen molar-refractivity contribution >= 4 is 17.0 Å². The molecule has 0 aromatic heterocycles. The Morgan fingerprint density at radius 3 is 2.37 bits per heavy atom. The molecule has 0 spiro atoms. The van der Waals surface area contributed by atoms with Crippen LogP contribution in [0.2, 0.25) is 0 Å². The Kier molecular flexibility index (Phi) is 8.69. The third-order valence-electron chi connectivity index (χ3n) is 5.25. The molecular weight excluding hydrogens is 479 g/mol. The van der Waals surface area contributed by atoms with E-state index in [-0.39, 0.29) is 24.3 Å². The van der Waals surface area contributed by atoms with Gasteiger partial charge in [-0.3, -0.25) is 4.79 Å². The summed E-state index contributed by atoms with van der Waals surface area (Å²) in [6.45, 7) is 4.01. The smallest absolute Gasteiger partial charge is 0.416 e. The summed E-state index contributed by atoms with van der Waals surface area (Å²) in [5.41, 5.74) is 1.06. The summed E-state index contributed by atoms with van der Waals surface area (Å²) in [5.74, 6) is 0.136. The first kappa shape index (κ1) is 26.4. The highest BCUT2D eigenvalue weighted by Crippen LogP contribution is 2.35. The van der Waals surface area contributed by atoms with E-state index in [2.05, 4.69) is 4.74 Å². The predicted octanol–water partition coefficient (Wildman–Crippen LogP) is 6.07. The van der Waals surface area contributed by atoms with Gasteiger partial charge in [0, 0.05) is 18.7 Å². The maximum Gasteiger partial charge on any atom is 0.416 e. The van der Waals surface area contributed by atoms with E-state index in [1.807, 2.05) is 19.1 Å². The molecule has 186 valence electrons. The number of alkyl halides is 3. The highest BCUT2D eigenvalue weighted by atomic mass is 32.2. The molecule has 3 aromatic carbocycles. The molecule has 0 fully saturated rings. The zero-order chi connectivity index (χ0) is 25.6. The lowest BCUT2D eigenvalue weighted by molar-refractivity contribution is -0.140. The van der Waals surface area contributed by atoms with E-state index in [0.29, 0.717) is 22.8 Å². The SMILES string of the molecule is CCN(Cc1cc(C(F)(F)F)ccc1Oc1cccc(CC(=O)OC)c1)S(=O)c1ccc(C)cc1. The van der Waals surface area contributed by atoms with Crippen molar-refractivity contribution in [1.29, 1.82) is 0 Å². The van der Waals surface area contributed by atoms with Gasteiger partial charge in [-0.25, -0.2) is 8.51 Å². The number of aryl methyl sites for hydroxylation is 1. The summed E-state index contributed by atoms with van der Waals surface area (Å²) in [6, 6.07) is 17.0. The second-order valence-corrected chi connectivity index (χ2v) is 9.33. The molecule has 3 rings (SSSR count). The van der Waals surface area contributed by atoms with Gasteiger partial charge in [-0.05, 0) is 55.0 Å². The zero-order valence-corrected chi connectivity index (χ0v) is 20.4. The molecule has 0 heterocycles. The largest absolute Gasteiger partial charge is 0.469 e. The molecule has 0 N–H and O–H groups in total. The fourth-order valence-electron chi connectivity index (χ4n) is 3.35. The number of rotatable bonds is 9. The predicted molar refractivity (Wildman–Crippen MR) is 127 cm³/mol. The van der Waals surface area contributed by atoms with Gasteiger partial charge in [-0.2, -0.15) is 13.2 Å². The number of ether oxygens (including phenoxy) is 2. The number of hydrogen-bond acceptors (Lipinski definition) is 4. The number of halogens is 3. The van der Waals surface area contributed by atoms with Crippen LogP contribution in [-0.2, 0) is 39.7 Å². The van der Waals surface area contributed by atoms with Crippen molar-refractivity contribution in [3.63, 3.8) is 0 Å². The Morgan fingerprint density at radius 1 is 1.03 bits per heavy atom. The lowest BCUT2D eigenvalue weighted by Gasteiger charge is -2.22. The van der Waals surface area contributed by atoms with Crippen molar-refractivity contribution in [1.82, 2.24) is 4.31 Å². The van der Waals surface area contributed by atoms with Crippen molar-refractivity contribution in [3.05, 3.63) is 89.0 Å². The summed E-state index contributed by atoms with van der Waals surface area (Å²) >= 11 is 0. The molecular formula is C26H26F3NO4S. The maximum atomic E-state index is 13.5. The van der Waals surface area contributed by atoms with Gasteiger partial charge in [-0.1, -0.05) is 36.8 Å². The van der Waals surface area contributed by atoms with Crippen LogP contribution < -0.4 is 4.74 Å². The van der Waals surface area contributed by atoms with Gasteiger partial charge in [0.15, 0.2) is 0 Å². The minimum atomic E-state index is -4.54. The molecule has 0 radical (unpaired) electrons. The van der Waals surface area contributed by atoms with Crippen LogP contribution in [-0.4, -0.2) is 28.1 Å². The molecule has 3 aromatic rings. The molecule has 35 heavy (non-hydrogen) atoms. The van der Waals surface area contributed by atoms with E-state index in [1.165, 1.54) is 13.2 Å². The van der Waals surface area contributed by atoms with Crippen LogP contribution in [0.1, 0.15) is 29.2 Å². The molecule has 0 aliphatic rings. The van der Waals surface area contributed by atoms with E-state index < -0.39 is 28.7 Å². The van der Waals surface area contributed by atoms with Crippen molar-refractivity contribution < 1.29 is 31.6 Å². The topological polar surface area (TPSA) is 55.8 Å². The summed E-state index contributed by atoms with van der Waals surface area (Å²) in [5, 5.41) is 0. The van der Waals surface area contributed by atoms with Gasteiger partial charge >= 0.3 is 12.1 Å². The van der Waals surface area contributed by atoms with Crippen LogP contribution in [0, 0.1) is 6.92 Å². The maximum absolute atomic E-state index is 13.5. The van der Waals surface area contributed by atoms with Gasteiger partial charge in [-0.15, -0.1) is 0 Å². The molecule has 0 saturated carbocycles. The second kappa shape index (κ2) is 11.5. The van der Waals surface area contributed by atoms with E-state index in [1.54, 1.807) is 47.6 Å². The molecule has 0 saturated heterocycles. The van der Waals surface area contributed by atoms with Crippen LogP contribution in [0.25, 0.3) is 0 Å². The lowest BCUT2D eigenvalue weighted by atomic mass is 10.1. The Hall–Kier alpha value is -3.17. The van der Waals surface area contributed by atoms with Gasteiger partial charge in [0.25, 0.3) is 0 Å². The normalized spacial score (nSPS) is 12.4. The second-order valence-electron chi connectivity index (χ2n) is 7.84. The lowest BCUT2D eigenvalue weighted by Crippen LogP contribution is -2.26. The molecule has 0 amide bonds. The number of esters is 1. The van der Waals surface area contributed by atoms with Gasteiger partial charge in [0.05, 0.1) is 24.0 Å². The summed E-state index contributed by atoms with van der Waals surface area (Å²) in [7, 11) is -0.290. The van der Waals surface area contributed by atoms with Gasteiger partial charge in [0.1, 0.15) is 22.5 Å². The third kappa shape index (κ3) is 7.16. The average Bonchev–Trinajstić information content (AvgIpc) is 2.83. The standard InChI is InChI=1S/C26H26F3NO4S/c1-4-30(35(32)23-11-8-18(2)9-12-23)17-20-16-21(26(27,28)29)10-13-24(20)34-22-7-5-6-19(14-22)15-25(31)33-3/h5-14,16H,4,15,17H2,1-3H3. The summed E-state index contributed by atoms with van der Waals surface area (Å²) < 4.78 is 65.7. The minimum absolute atomic E-state index is 0.0297. The first-order chi connectivity index (χ1) is 16.6. The highest BCUT2D eigenvalue weighted by Gasteiger charge is 2.31. The minimum Gasteiger partial charge on any atom is -0.469 e. The molecule has 0 bridgehead atoms. The van der Waals surface area contributed by atoms with Crippen LogP contribution in [0.3, 0.4) is 0 Å². The first-order valence-electron chi connectivity index (χ1n) is 10.9. The summed E-state index contributed by atoms with van der Waals surface area (Å²) in [6.07, 6.45) is -4.51. The van der Waals surface area contributed by atoms with E-state index >= 15 is 0 Å². The molecule has 0 aliphatic heterocycles. The fraction of sp³-hybridized carbons (Fsp3) is 0.269. The monoisotopic (exact) mass is 505 g/mol. The number of methoxy groups -OCH3 is 1.